The summed E-state index contributed by atoms with van der Waals surface area (Å²) >= 11 is 0. The van der Waals surface area contributed by atoms with E-state index in [2.05, 4.69) is 15.0 Å². The lowest BCUT2D eigenvalue weighted by molar-refractivity contribution is 0.495. The Balaban J connectivity index is 0.000000172. The molecule has 19 heteroatoms. The monoisotopic (exact) mass is 776 g/mol. The number of nitrogens with two attached hydrogens (primary N) is 2. The summed E-state index contributed by atoms with van der Waals surface area (Å²) in [5, 5.41) is 0. The van der Waals surface area contributed by atoms with Crippen molar-refractivity contribution in [3.63, 3.8) is 0 Å². The fourth-order valence-corrected chi connectivity index (χ4v) is 7.53. The van der Waals surface area contributed by atoms with E-state index in [9.17, 15) is 32.3 Å². The van der Waals surface area contributed by atoms with Gasteiger partial charge in [-0.1, -0.05) is 12.1 Å². The fraction of sp³-hybridized carbons (Fsp3) is 0.405. The van der Waals surface area contributed by atoms with Crippen LogP contribution in [0.3, 0.4) is 0 Å². The van der Waals surface area contributed by atoms with Crippen LogP contribution in [-0.2, 0) is 34.2 Å². The van der Waals surface area contributed by atoms with E-state index in [-0.39, 0.29) is 42.2 Å². The SMILES string of the molecule is Cn1c(=O)[nH]c(=O)c2c1nc(N1CCCC(N)C1)n2Cc1cc(F)cc(F)c1.Cn1c(=O)c2c(nc(N3CCCC(N)C3)n2Cc2cccc(F)c2)n(C)c1=O. The number of halogens is 3. The molecule has 56 heavy (non-hydrogen) atoms. The van der Waals surface area contributed by atoms with Crippen molar-refractivity contribution in [2.24, 2.45) is 32.6 Å². The Labute approximate surface area is 317 Å². The molecule has 16 nitrogen and oxygen atoms in total. The van der Waals surface area contributed by atoms with Crippen LogP contribution in [0.15, 0.2) is 61.6 Å². The van der Waals surface area contributed by atoms with Gasteiger partial charge in [-0.3, -0.25) is 37.4 Å². The lowest BCUT2D eigenvalue weighted by Gasteiger charge is -2.31. The number of nitrogens with zero attached hydrogens (tertiary/aromatic N) is 9. The van der Waals surface area contributed by atoms with E-state index in [0.29, 0.717) is 53.8 Å². The van der Waals surface area contributed by atoms with Gasteiger partial charge in [0.25, 0.3) is 11.1 Å². The zero-order valence-electron chi connectivity index (χ0n) is 31.2. The molecule has 0 aliphatic carbocycles. The maximum atomic E-state index is 13.7. The normalized spacial score (nSPS) is 17.4. The summed E-state index contributed by atoms with van der Waals surface area (Å²) in [6.07, 6.45) is 3.58. The van der Waals surface area contributed by atoms with E-state index >= 15 is 0 Å². The Kier molecular flexibility index (Phi) is 10.5. The minimum Gasteiger partial charge on any atom is -0.341 e. The number of nitrogens with one attached hydrogen (secondary N) is 1. The molecule has 8 rings (SSSR count). The highest BCUT2D eigenvalue weighted by molar-refractivity contribution is 5.75. The Morgan fingerprint density at radius 2 is 1.23 bits per heavy atom. The quantitative estimate of drug-likeness (QED) is 0.222. The summed E-state index contributed by atoms with van der Waals surface area (Å²) in [6.45, 7) is 2.87. The van der Waals surface area contributed by atoms with Crippen molar-refractivity contribution in [1.29, 1.82) is 0 Å². The molecule has 296 valence electrons. The van der Waals surface area contributed by atoms with Crippen LogP contribution in [0.4, 0.5) is 25.1 Å². The maximum Gasteiger partial charge on any atom is 0.332 e. The van der Waals surface area contributed by atoms with E-state index in [1.165, 1.54) is 47.5 Å². The van der Waals surface area contributed by atoms with Crippen molar-refractivity contribution in [1.82, 2.24) is 37.8 Å². The number of benzene rings is 2. The van der Waals surface area contributed by atoms with Gasteiger partial charge in [-0.2, -0.15) is 9.97 Å². The van der Waals surface area contributed by atoms with Gasteiger partial charge in [-0.25, -0.2) is 22.8 Å². The minimum atomic E-state index is -0.706. The van der Waals surface area contributed by atoms with Gasteiger partial charge in [0.05, 0.1) is 13.1 Å². The Bertz CT molecular complexity index is 2670. The molecule has 2 unspecified atom stereocenters. The van der Waals surface area contributed by atoms with Gasteiger partial charge < -0.3 is 21.3 Å². The van der Waals surface area contributed by atoms with Gasteiger partial charge in [0.2, 0.25) is 11.9 Å². The molecule has 0 saturated carbocycles. The first kappa shape index (κ1) is 38.3. The summed E-state index contributed by atoms with van der Waals surface area (Å²) < 4.78 is 48.1. The number of rotatable bonds is 6. The number of aryl methyl sites for hydroxylation is 2. The smallest absolute Gasteiger partial charge is 0.332 e. The number of aromatic amines is 1. The van der Waals surface area contributed by atoms with Crippen LogP contribution >= 0.6 is 0 Å². The molecule has 0 amide bonds. The predicted molar refractivity (Wildman–Crippen MR) is 206 cm³/mol. The summed E-state index contributed by atoms with van der Waals surface area (Å²) in [5.41, 5.74) is 12.2. The van der Waals surface area contributed by atoms with Gasteiger partial charge in [0, 0.05) is 65.5 Å². The van der Waals surface area contributed by atoms with Gasteiger partial charge >= 0.3 is 11.4 Å². The Morgan fingerprint density at radius 1 is 0.696 bits per heavy atom. The van der Waals surface area contributed by atoms with E-state index in [1.807, 2.05) is 9.80 Å². The summed E-state index contributed by atoms with van der Waals surface area (Å²) in [7, 11) is 4.54. The van der Waals surface area contributed by atoms with Crippen LogP contribution in [0, 0.1) is 17.5 Å². The first-order valence-electron chi connectivity index (χ1n) is 18.3. The first-order chi connectivity index (χ1) is 26.7. The average molecular weight is 777 g/mol. The second-order valence-electron chi connectivity index (χ2n) is 14.5. The van der Waals surface area contributed by atoms with Crippen molar-refractivity contribution in [3.05, 3.63) is 113 Å². The first-order valence-corrected chi connectivity index (χ1v) is 18.3. The Hall–Kier alpha value is -5.95. The highest BCUT2D eigenvalue weighted by Crippen LogP contribution is 2.26. The zero-order valence-corrected chi connectivity index (χ0v) is 31.2. The van der Waals surface area contributed by atoms with Crippen LogP contribution in [0.25, 0.3) is 22.3 Å². The van der Waals surface area contributed by atoms with Crippen LogP contribution < -0.4 is 43.8 Å². The number of H-pyrrole nitrogens is 1. The van der Waals surface area contributed by atoms with E-state index < -0.39 is 34.1 Å². The topological polar surface area (TPSA) is 193 Å². The number of aromatic nitrogens is 8. The lowest BCUT2D eigenvalue weighted by atomic mass is 10.1. The number of anilines is 2. The highest BCUT2D eigenvalue weighted by Gasteiger charge is 2.27. The second kappa shape index (κ2) is 15.3. The third-order valence-corrected chi connectivity index (χ3v) is 10.3. The van der Waals surface area contributed by atoms with Crippen LogP contribution in [0.2, 0.25) is 0 Å². The van der Waals surface area contributed by atoms with Crippen LogP contribution in [0.5, 0.6) is 0 Å². The molecule has 2 aliphatic rings. The number of fused-ring (bicyclic) bond motifs is 2. The van der Waals surface area contributed by atoms with Crippen molar-refractivity contribution in [2.75, 3.05) is 36.0 Å². The molecule has 2 aromatic carbocycles. The van der Waals surface area contributed by atoms with Crippen LogP contribution in [0.1, 0.15) is 36.8 Å². The molecule has 2 atom stereocenters. The minimum absolute atomic E-state index is 0.0165. The average Bonchev–Trinajstić information content (AvgIpc) is 3.72. The fourth-order valence-electron chi connectivity index (χ4n) is 7.53. The second-order valence-corrected chi connectivity index (χ2v) is 14.5. The maximum absolute atomic E-state index is 13.7. The summed E-state index contributed by atoms with van der Waals surface area (Å²) in [5.74, 6) is -0.734. The molecule has 2 aliphatic heterocycles. The molecular weight excluding hydrogens is 733 g/mol. The zero-order chi connectivity index (χ0) is 40.0. The van der Waals surface area contributed by atoms with Crippen molar-refractivity contribution >= 4 is 34.2 Å². The molecule has 5 N–H and O–H groups in total. The lowest BCUT2D eigenvalue weighted by Crippen LogP contribution is -2.44. The van der Waals surface area contributed by atoms with Gasteiger partial charge in [0.15, 0.2) is 22.3 Å². The standard InChI is InChI=1S/C19H23FN6O2.C18H20F2N6O2/c1-23-16-15(17(27)24(2)19(23)28)26(10-12-5-3-6-13(20)9-12)18(22-16)25-8-4-7-14(21)11-25;1-24-15-14(16(27)23-18(24)28)26(8-10-5-11(19)7-12(20)6-10)17(22-15)25-4-2-3-13(21)9-25/h3,5-6,9,14H,4,7-8,10-11,21H2,1-2H3;5-7,13H,2-4,8-9,21H2,1H3,(H,23,27,28). The van der Waals surface area contributed by atoms with Gasteiger partial charge in [0.1, 0.15) is 17.5 Å². The van der Waals surface area contributed by atoms with Crippen molar-refractivity contribution in [2.45, 2.75) is 50.9 Å². The molecule has 6 heterocycles. The number of imidazole rings is 2. The molecule has 2 fully saturated rings. The molecule has 6 aromatic rings. The Morgan fingerprint density at radius 3 is 1.80 bits per heavy atom. The molecule has 4 aromatic heterocycles. The van der Waals surface area contributed by atoms with Crippen molar-refractivity contribution in [3.8, 4) is 0 Å². The van der Waals surface area contributed by atoms with Gasteiger partial charge in [-0.05, 0) is 61.1 Å². The van der Waals surface area contributed by atoms with E-state index in [1.54, 1.807) is 28.3 Å². The third-order valence-electron chi connectivity index (χ3n) is 10.3. The molecule has 2 saturated heterocycles. The largest absolute Gasteiger partial charge is 0.341 e. The summed E-state index contributed by atoms with van der Waals surface area (Å²) in [4.78, 5) is 65.2. The molecular formula is C37H43F3N12O4. The van der Waals surface area contributed by atoms with E-state index in [4.69, 9.17) is 11.5 Å². The van der Waals surface area contributed by atoms with Crippen LogP contribution in [-0.4, -0.2) is 76.1 Å². The molecule has 0 bridgehead atoms. The van der Waals surface area contributed by atoms with Gasteiger partial charge in [-0.15, -0.1) is 0 Å². The van der Waals surface area contributed by atoms with Crippen molar-refractivity contribution < 1.29 is 13.2 Å². The number of hydrogen-bond acceptors (Lipinski definition) is 10. The number of hydrogen-bond donors (Lipinski definition) is 3. The molecule has 0 radical (unpaired) electrons. The predicted octanol–water partition coefficient (Wildman–Crippen LogP) is 1.23. The molecule has 0 spiro atoms. The highest BCUT2D eigenvalue weighted by atomic mass is 19.1. The summed E-state index contributed by atoms with van der Waals surface area (Å²) in [6, 6.07) is 9.41. The number of piperidine rings is 2. The van der Waals surface area contributed by atoms with E-state index in [0.717, 1.165) is 42.9 Å². The third kappa shape index (κ3) is 7.38.